The van der Waals surface area contributed by atoms with Crippen molar-refractivity contribution in [2.24, 2.45) is 7.05 Å². The molecule has 1 heterocycles. The van der Waals surface area contributed by atoms with Crippen molar-refractivity contribution in [3.05, 3.63) is 54.2 Å². The van der Waals surface area contributed by atoms with Gasteiger partial charge in [-0.25, -0.2) is 0 Å². The molecular formula is C18H15F3N4O2. The molecule has 0 aliphatic heterocycles. The summed E-state index contributed by atoms with van der Waals surface area (Å²) in [4.78, 5) is 10.4. The number of aromatic nitrogens is 2. The molecule has 3 N–H and O–H groups in total. The van der Waals surface area contributed by atoms with Crippen molar-refractivity contribution in [3.63, 3.8) is 0 Å². The van der Waals surface area contributed by atoms with E-state index in [0.717, 1.165) is 10.7 Å². The van der Waals surface area contributed by atoms with E-state index >= 15 is 0 Å². The van der Waals surface area contributed by atoms with Crippen molar-refractivity contribution in [2.75, 3.05) is 10.6 Å². The normalized spacial score (nSPS) is 11.3. The Balaban J connectivity index is 1.83. The number of benzene rings is 2. The van der Waals surface area contributed by atoms with Crippen LogP contribution in [-0.2, 0) is 18.0 Å². The fraction of sp³-hybridized carbons (Fsp3) is 0.111. The van der Waals surface area contributed by atoms with Gasteiger partial charge >= 0.3 is 6.18 Å². The van der Waals surface area contributed by atoms with Crippen LogP contribution in [0.3, 0.4) is 0 Å². The maximum Gasteiger partial charge on any atom is 0.433 e. The quantitative estimate of drug-likeness (QED) is 0.585. The summed E-state index contributed by atoms with van der Waals surface area (Å²) < 4.78 is 39.4. The van der Waals surface area contributed by atoms with E-state index in [2.05, 4.69) is 15.7 Å². The topological polar surface area (TPSA) is 79.2 Å². The lowest BCUT2D eigenvalue weighted by Gasteiger charge is -2.09. The number of hydrogen-bond donors (Lipinski definition) is 3. The number of aromatic hydroxyl groups is 1. The van der Waals surface area contributed by atoms with Gasteiger partial charge in [-0.15, -0.1) is 0 Å². The van der Waals surface area contributed by atoms with E-state index in [1.54, 1.807) is 30.3 Å². The van der Waals surface area contributed by atoms with E-state index in [9.17, 15) is 23.1 Å². The van der Waals surface area contributed by atoms with Gasteiger partial charge in [0.05, 0.1) is 5.69 Å². The van der Waals surface area contributed by atoms with Crippen LogP contribution in [-0.4, -0.2) is 21.3 Å². The SMILES string of the molecule is Cn1nc(-c2ccc(Nc3ccc(NC=O)cc3)cc2O)cc1C(F)(F)F. The summed E-state index contributed by atoms with van der Waals surface area (Å²) in [6.45, 7) is 0. The number of amides is 1. The lowest BCUT2D eigenvalue weighted by atomic mass is 10.1. The van der Waals surface area contributed by atoms with Crippen molar-refractivity contribution in [1.29, 1.82) is 0 Å². The first-order chi connectivity index (χ1) is 12.8. The maximum absolute atomic E-state index is 12.9. The number of halogens is 3. The molecule has 0 saturated carbocycles. The number of hydrogen-bond acceptors (Lipinski definition) is 4. The third kappa shape index (κ3) is 4.02. The molecule has 3 rings (SSSR count). The summed E-state index contributed by atoms with van der Waals surface area (Å²) in [6.07, 6.45) is -3.96. The Morgan fingerprint density at radius 3 is 2.22 bits per heavy atom. The fourth-order valence-electron chi connectivity index (χ4n) is 2.57. The summed E-state index contributed by atoms with van der Waals surface area (Å²) in [5, 5.41) is 19.6. The average Bonchev–Trinajstić information content (AvgIpc) is 2.99. The molecule has 0 aliphatic carbocycles. The van der Waals surface area contributed by atoms with Crippen LogP contribution in [0.5, 0.6) is 5.75 Å². The number of phenols is 1. The fourth-order valence-corrected chi connectivity index (χ4v) is 2.57. The summed E-state index contributed by atoms with van der Waals surface area (Å²) in [7, 11) is 1.20. The molecule has 2 aromatic carbocycles. The Bertz CT molecular complexity index is 966. The monoisotopic (exact) mass is 376 g/mol. The van der Waals surface area contributed by atoms with Crippen LogP contribution in [0.15, 0.2) is 48.5 Å². The third-order valence-corrected chi connectivity index (χ3v) is 3.84. The van der Waals surface area contributed by atoms with Gasteiger partial charge in [0.25, 0.3) is 0 Å². The van der Waals surface area contributed by atoms with E-state index in [-0.39, 0.29) is 17.0 Å². The maximum atomic E-state index is 12.9. The summed E-state index contributed by atoms with van der Waals surface area (Å²) in [5.41, 5.74) is 1.19. The minimum atomic E-state index is -4.53. The molecule has 6 nitrogen and oxygen atoms in total. The highest BCUT2D eigenvalue weighted by molar-refractivity contribution is 5.75. The molecule has 27 heavy (non-hydrogen) atoms. The van der Waals surface area contributed by atoms with Gasteiger partial charge in [0.1, 0.15) is 11.4 Å². The number of phenolic OH excluding ortho intramolecular Hbond substituents is 1. The number of nitrogens with zero attached hydrogens (tertiary/aromatic N) is 2. The van der Waals surface area contributed by atoms with Gasteiger partial charge in [-0.05, 0) is 42.5 Å². The minimum Gasteiger partial charge on any atom is -0.507 e. The molecule has 3 aromatic rings. The molecule has 9 heteroatoms. The molecule has 0 bridgehead atoms. The van der Waals surface area contributed by atoms with Crippen molar-refractivity contribution in [3.8, 4) is 17.0 Å². The second-order valence-corrected chi connectivity index (χ2v) is 5.73. The van der Waals surface area contributed by atoms with Gasteiger partial charge in [0.2, 0.25) is 6.41 Å². The first-order valence-electron chi connectivity index (χ1n) is 7.80. The zero-order chi connectivity index (χ0) is 19.6. The molecule has 0 spiro atoms. The predicted octanol–water partition coefficient (Wildman–Crippen LogP) is 4.12. The van der Waals surface area contributed by atoms with Crippen molar-refractivity contribution >= 4 is 23.5 Å². The van der Waals surface area contributed by atoms with Gasteiger partial charge in [0, 0.05) is 35.7 Å². The molecule has 0 aliphatic rings. The van der Waals surface area contributed by atoms with Crippen LogP contribution < -0.4 is 10.6 Å². The van der Waals surface area contributed by atoms with Crippen LogP contribution >= 0.6 is 0 Å². The minimum absolute atomic E-state index is 0.0261. The zero-order valence-corrected chi connectivity index (χ0v) is 14.1. The van der Waals surface area contributed by atoms with E-state index in [4.69, 9.17) is 0 Å². The summed E-state index contributed by atoms with van der Waals surface area (Å²) in [6, 6.07) is 12.2. The highest BCUT2D eigenvalue weighted by atomic mass is 19.4. The Labute approximate surface area is 152 Å². The number of alkyl halides is 3. The second kappa shape index (κ2) is 7.02. The molecule has 140 valence electrons. The number of nitrogens with one attached hydrogen (secondary N) is 2. The standard InChI is InChI=1S/C18H15F3N4O2/c1-25-17(18(19,20)21)9-15(24-25)14-7-6-13(8-16(14)27)23-12-4-2-11(3-5-12)22-10-26/h2-10,23,27H,1H3,(H,22,26). The van der Waals surface area contributed by atoms with Gasteiger partial charge in [-0.1, -0.05) is 0 Å². The molecule has 0 saturated heterocycles. The molecule has 0 unspecified atom stereocenters. The van der Waals surface area contributed by atoms with Gasteiger partial charge in [0.15, 0.2) is 0 Å². The highest BCUT2D eigenvalue weighted by Gasteiger charge is 2.35. The second-order valence-electron chi connectivity index (χ2n) is 5.73. The van der Waals surface area contributed by atoms with Crippen molar-refractivity contribution < 1.29 is 23.1 Å². The zero-order valence-electron chi connectivity index (χ0n) is 14.1. The summed E-state index contributed by atoms with van der Waals surface area (Å²) >= 11 is 0. The van der Waals surface area contributed by atoms with Crippen LogP contribution in [0.2, 0.25) is 0 Å². The molecule has 1 amide bonds. The average molecular weight is 376 g/mol. The van der Waals surface area contributed by atoms with Crippen molar-refractivity contribution in [2.45, 2.75) is 6.18 Å². The Kier molecular flexibility index (Phi) is 4.76. The van der Waals surface area contributed by atoms with Crippen LogP contribution in [0.1, 0.15) is 5.69 Å². The summed E-state index contributed by atoms with van der Waals surface area (Å²) in [5.74, 6) is -0.203. The van der Waals surface area contributed by atoms with Crippen LogP contribution in [0.25, 0.3) is 11.3 Å². The number of carbonyl (C=O) groups is 1. The van der Waals surface area contributed by atoms with Crippen LogP contribution in [0.4, 0.5) is 30.2 Å². The number of rotatable bonds is 5. The van der Waals surface area contributed by atoms with Gasteiger partial charge in [-0.2, -0.15) is 18.3 Å². The predicted molar refractivity (Wildman–Crippen MR) is 94.7 cm³/mol. The van der Waals surface area contributed by atoms with Gasteiger partial charge in [-0.3, -0.25) is 9.48 Å². The Morgan fingerprint density at radius 1 is 1.04 bits per heavy atom. The lowest BCUT2D eigenvalue weighted by molar-refractivity contribution is -0.143. The van der Waals surface area contributed by atoms with E-state index in [1.165, 1.54) is 19.2 Å². The smallest absolute Gasteiger partial charge is 0.433 e. The molecular weight excluding hydrogens is 361 g/mol. The lowest BCUT2D eigenvalue weighted by Crippen LogP contribution is -2.11. The molecule has 0 atom stereocenters. The first-order valence-corrected chi connectivity index (χ1v) is 7.80. The third-order valence-electron chi connectivity index (χ3n) is 3.84. The van der Waals surface area contributed by atoms with Gasteiger partial charge < -0.3 is 15.7 Å². The first kappa shape index (κ1) is 18.3. The number of aryl methyl sites for hydroxylation is 1. The Morgan fingerprint density at radius 2 is 1.67 bits per heavy atom. The van der Waals surface area contributed by atoms with E-state index in [1.807, 2.05) is 0 Å². The largest absolute Gasteiger partial charge is 0.507 e. The Hall–Kier alpha value is -3.49. The van der Waals surface area contributed by atoms with Crippen molar-refractivity contribution in [1.82, 2.24) is 9.78 Å². The highest BCUT2D eigenvalue weighted by Crippen LogP contribution is 2.36. The van der Waals surface area contributed by atoms with Crippen LogP contribution in [0, 0.1) is 0 Å². The number of carbonyl (C=O) groups excluding carboxylic acids is 1. The molecule has 1 aromatic heterocycles. The molecule has 0 radical (unpaired) electrons. The van der Waals surface area contributed by atoms with E-state index < -0.39 is 11.9 Å². The number of anilines is 3. The molecule has 0 fully saturated rings. The van der Waals surface area contributed by atoms with E-state index in [0.29, 0.717) is 23.5 Å².